The maximum Gasteiger partial charge on any atom is 0.277 e. The first-order valence-corrected chi connectivity index (χ1v) is 9.14. The quantitative estimate of drug-likeness (QED) is 0.524. The van der Waals surface area contributed by atoms with Crippen LogP contribution in [-0.4, -0.2) is 30.7 Å². The summed E-state index contributed by atoms with van der Waals surface area (Å²) < 4.78 is 17.2. The summed E-state index contributed by atoms with van der Waals surface area (Å²) >= 11 is 1.16. The molecule has 0 amide bonds. The number of benzene rings is 2. The van der Waals surface area contributed by atoms with E-state index in [-0.39, 0.29) is 0 Å². The lowest BCUT2D eigenvalue weighted by atomic mass is 10.2. The molecule has 142 valence electrons. The van der Waals surface area contributed by atoms with E-state index in [0.29, 0.717) is 31.9 Å². The zero-order valence-corrected chi connectivity index (χ0v) is 16.2. The Labute approximate surface area is 163 Å². The molecule has 2 aromatic heterocycles. The maximum absolute atomic E-state index is 12.9. The molecule has 0 bridgehead atoms. The second-order valence-electron chi connectivity index (χ2n) is 5.95. The van der Waals surface area contributed by atoms with Gasteiger partial charge in [0.1, 0.15) is 5.75 Å². The normalized spacial score (nSPS) is 11.9. The Balaban J connectivity index is 1.98. The molecular weight excluding hydrogens is 380 g/mol. The molecule has 0 atom stereocenters. The second kappa shape index (κ2) is 6.97. The van der Waals surface area contributed by atoms with Crippen LogP contribution in [0, 0.1) is 0 Å². The van der Waals surface area contributed by atoms with E-state index >= 15 is 0 Å². The average molecular weight is 396 g/mol. The van der Waals surface area contributed by atoms with Crippen molar-refractivity contribution in [2.75, 3.05) is 21.3 Å². The van der Waals surface area contributed by atoms with Crippen molar-refractivity contribution in [3.8, 4) is 17.2 Å². The van der Waals surface area contributed by atoms with Crippen molar-refractivity contribution in [1.82, 2.24) is 9.38 Å². The highest BCUT2D eigenvalue weighted by Gasteiger charge is 2.15. The van der Waals surface area contributed by atoms with Crippen molar-refractivity contribution in [3.63, 3.8) is 0 Å². The van der Waals surface area contributed by atoms with Gasteiger partial charge in [-0.25, -0.2) is 9.38 Å². The molecule has 0 aliphatic heterocycles. The SMILES string of the molecule is COc1ccc(C=c2sc3nc4cc(OC)c(OC)cc4c(=O)n3c2=O)cc1. The van der Waals surface area contributed by atoms with Crippen molar-refractivity contribution < 1.29 is 14.2 Å². The van der Waals surface area contributed by atoms with Gasteiger partial charge in [-0.15, -0.1) is 0 Å². The Hall–Kier alpha value is -3.39. The summed E-state index contributed by atoms with van der Waals surface area (Å²) in [5.41, 5.74) is 0.437. The van der Waals surface area contributed by atoms with Crippen LogP contribution in [0.3, 0.4) is 0 Å². The molecule has 2 aromatic carbocycles. The number of hydrogen-bond acceptors (Lipinski definition) is 7. The summed E-state index contributed by atoms with van der Waals surface area (Å²) in [7, 11) is 4.59. The van der Waals surface area contributed by atoms with Crippen LogP contribution in [0.2, 0.25) is 0 Å². The van der Waals surface area contributed by atoms with E-state index in [1.807, 2.05) is 12.1 Å². The molecule has 0 aliphatic rings. The van der Waals surface area contributed by atoms with Gasteiger partial charge < -0.3 is 14.2 Å². The minimum Gasteiger partial charge on any atom is -0.497 e. The molecule has 0 saturated heterocycles. The van der Waals surface area contributed by atoms with Crippen LogP contribution >= 0.6 is 11.3 Å². The standard InChI is InChI=1S/C20H16N2O5S/c1-25-12-6-4-11(5-7-12)8-17-19(24)22-18(23)13-9-15(26-2)16(27-3)10-14(13)21-20(22)28-17/h4-10H,1-3H3. The average Bonchev–Trinajstić information content (AvgIpc) is 3.03. The van der Waals surface area contributed by atoms with Crippen LogP contribution in [0.5, 0.6) is 17.2 Å². The second-order valence-corrected chi connectivity index (χ2v) is 6.96. The Bertz CT molecular complexity index is 1360. The van der Waals surface area contributed by atoms with E-state index in [9.17, 15) is 9.59 Å². The lowest BCUT2D eigenvalue weighted by molar-refractivity contribution is 0.355. The molecule has 7 nitrogen and oxygen atoms in total. The fourth-order valence-corrected chi connectivity index (χ4v) is 3.91. The number of hydrogen-bond donors (Lipinski definition) is 0. The molecule has 0 radical (unpaired) electrons. The van der Waals surface area contributed by atoms with E-state index in [0.717, 1.165) is 27.1 Å². The number of fused-ring (bicyclic) bond motifs is 2. The third kappa shape index (κ3) is 2.87. The lowest BCUT2D eigenvalue weighted by Gasteiger charge is -2.08. The number of nitrogens with zero attached hydrogens (tertiary/aromatic N) is 2. The van der Waals surface area contributed by atoms with Gasteiger partial charge in [0.2, 0.25) is 4.96 Å². The number of aromatic nitrogens is 2. The van der Waals surface area contributed by atoms with E-state index in [4.69, 9.17) is 14.2 Å². The van der Waals surface area contributed by atoms with Crippen molar-refractivity contribution >= 4 is 33.3 Å². The molecule has 0 saturated carbocycles. The van der Waals surface area contributed by atoms with Gasteiger partial charge >= 0.3 is 0 Å². The number of thiazole rings is 1. The van der Waals surface area contributed by atoms with E-state index in [1.165, 1.54) is 14.2 Å². The van der Waals surface area contributed by atoms with Crippen molar-refractivity contribution in [1.29, 1.82) is 0 Å². The van der Waals surface area contributed by atoms with E-state index in [1.54, 1.807) is 37.5 Å². The molecule has 4 rings (SSSR count). The minimum atomic E-state index is -0.434. The Morgan fingerprint density at radius 3 is 2.25 bits per heavy atom. The highest BCUT2D eigenvalue weighted by atomic mass is 32.1. The first-order valence-electron chi connectivity index (χ1n) is 8.33. The fourth-order valence-electron chi connectivity index (χ4n) is 2.93. The summed E-state index contributed by atoms with van der Waals surface area (Å²) in [6.45, 7) is 0. The summed E-state index contributed by atoms with van der Waals surface area (Å²) in [5.74, 6) is 1.60. The maximum atomic E-state index is 12.9. The Morgan fingerprint density at radius 2 is 1.61 bits per heavy atom. The Morgan fingerprint density at radius 1 is 0.929 bits per heavy atom. The highest BCUT2D eigenvalue weighted by molar-refractivity contribution is 7.15. The zero-order chi connectivity index (χ0) is 19.8. The molecule has 4 aromatic rings. The topological polar surface area (TPSA) is 79.1 Å². The molecule has 8 heteroatoms. The monoisotopic (exact) mass is 396 g/mol. The molecule has 0 fully saturated rings. The van der Waals surface area contributed by atoms with Gasteiger partial charge in [0.15, 0.2) is 11.5 Å². The third-order valence-corrected chi connectivity index (χ3v) is 5.34. The first kappa shape index (κ1) is 18.0. The fraction of sp³-hybridized carbons (Fsp3) is 0.150. The van der Waals surface area contributed by atoms with Gasteiger partial charge in [0.25, 0.3) is 11.1 Å². The van der Waals surface area contributed by atoms with Crippen molar-refractivity contribution in [2.24, 2.45) is 0 Å². The van der Waals surface area contributed by atoms with Crippen LogP contribution < -0.4 is 29.9 Å². The smallest absolute Gasteiger partial charge is 0.277 e. The van der Waals surface area contributed by atoms with E-state index in [2.05, 4.69) is 4.98 Å². The van der Waals surface area contributed by atoms with Gasteiger partial charge in [-0.05, 0) is 29.8 Å². The molecule has 0 spiro atoms. The predicted molar refractivity (Wildman–Crippen MR) is 108 cm³/mol. The van der Waals surface area contributed by atoms with Crippen molar-refractivity contribution in [3.05, 3.63) is 67.2 Å². The number of ether oxygens (including phenoxy) is 3. The molecule has 28 heavy (non-hydrogen) atoms. The number of methoxy groups -OCH3 is 3. The summed E-state index contributed by atoms with van der Waals surface area (Å²) in [5, 5.41) is 0.293. The Kier molecular flexibility index (Phi) is 4.48. The number of rotatable bonds is 4. The predicted octanol–water partition coefficient (Wildman–Crippen LogP) is 1.84. The molecule has 0 unspecified atom stereocenters. The van der Waals surface area contributed by atoms with Crippen molar-refractivity contribution in [2.45, 2.75) is 0 Å². The van der Waals surface area contributed by atoms with Crippen LogP contribution in [0.25, 0.3) is 21.9 Å². The summed E-state index contributed by atoms with van der Waals surface area (Å²) in [6, 6.07) is 10.5. The van der Waals surface area contributed by atoms with Crippen LogP contribution in [0.4, 0.5) is 0 Å². The van der Waals surface area contributed by atoms with Crippen LogP contribution in [-0.2, 0) is 0 Å². The van der Waals surface area contributed by atoms with Gasteiger partial charge in [0, 0.05) is 6.07 Å². The largest absolute Gasteiger partial charge is 0.497 e. The summed E-state index contributed by atoms with van der Waals surface area (Å²) in [6.07, 6.45) is 1.73. The molecule has 2 heterocycles. The first-order chi connectivity index (χ1) is 13.5. The molecule has 0 aliphatic carbocycles. The summed E-state index contributed by atoms with van der Waals surface area (Å²) in [4.78, 5) is 30.6. The van der Waals surface area contributed by atoms with Gasteiger partial charge in [-0.1, -0.05) is 23.5 Å². The molecule has 0 N–H and O–H groups in total. The van der Waals surface area contributed by atoms with Gasteiger partial charge in [0.05, 0.1) is 36.8 Å². The van der Waals surface area contributed by atoms with Gasteiger partial charge in [-0.3, -0.25) is 9.59 Å². The van der Waals surface area contributed by atoms with Crippen LogP contribution in [0.1, 0.15) is 5.56 Å². The molecular formula is C20H16N2O5S. The highest BCUT2D eigenvalue weighted by Crippen LogP contribution is 2.30. The third-order valence-electron chi connectivity index (χ3n) is 4.37. The lowest BCUT2D eigenvalue weighted by Crippen LogP contribution is -2.31. The van der Waals surface area contributed by atoms with Gasteiger partial charge in [-0.2, -0.15) is 0 Å². The van der Waals surface area contributed by atoms with Crippen LogP contribution in [0.15, 0.2) is 46.0 Å². The zero-order valence-electron chi connectivity index (χ0n) is 15.4. The minimum absolute atomic E-state index is 0.293. The van der Waals surface area contributed by atoms with E-state index < -0.39 is 11.1 Å².